The van der Waals surface area contributed by atoms with Gasteiger partial charge in [0.1, 0.15) is 11.9 Å². The van der Waals surface area contributed by atoms with E-state index in [0.717, 1.165) is 6.20 Å². The molecule has 1 aromatic rings. The van der Waals surface area contributed by atoms with Crippen LogP contribution in [-0.4, -0.2) is 28.9 Å². The number of nitrogens with zero attached hydrogens (tertiary/aromatic N) is 2. The van der Waals surface area contributed by atoms with Crippen molar-refractivity contribution < 1.29 is 9.72 Å². The molecule has 7 heteroatoms. The minimum Gasteiger partial charge on any atom is -0.349 e. The summed E-state index contributed by atoms with van der Waals surface area (Å²) in [6.07, 6.45) is 1.04. The van der Waals surface area contributed by atoms with E-state index in [1.165, 1.54) is 12.1 Å². The summed E-state index contributed by atoms with van der Waals surface area (Å²) in [5.74, 6) is -0.393. The molecule has 0 radical (unpaired) electrons. The van der Waals surface area contributed by atoms with Crippen molar-refractivity contribution in [3.05, 3.63) is 34.1 Å². The van der Waals surface area contributed by atoms with Gasteiger partial charge in [0.15, 0.2) is 0 Å². The number of pyridine rings is 1. The van der Waals surface area contributed by atoms with Gasteiger partial charge < -0.3 is 11.1 Å². The Labute approximate surface area is 85.5 Å². The van der Waals surface area contributed by atoms with Crippen molar-refractivity contribution in [1.82, 2.24) is 10.3 Å². The first kappa shape index (κ1) is 11.1. The van der Waals surface area contributed by atoms with E-state index in [-0.39, 0.29) is 11.4 Å². The highest BCUT2D eigenvalue weighted by molar-refractivity contribution is 5.92. The lowest BCUT2D eigenvalue weighted by atomic mass is 10.3. The van der Waals surface area contributed by atoms with Gasteiger partial charge >= 0.3 is 0 Å². The molecular formula is C8H10N4O3. The first-order valence-corrected chi connectivity index (χ1v) is 4.24. The van der Waals surface area contributed by atoms with Crippen molar-refractivity contribution in [2.24, 2.45) is 5.73 Å². The van der Waals surface area contributed by atoms with Crippen molar-refractivity contribution in [2.75, 3.05) is 13.1 Å². The first-order valence-electron chi connectivity index (χ1n) is 4.24. The van der Waals surface area contributed by atoms with Crippen LogP contribution < -0.4 is 11.1 Å². The van der Waals surface area contributed by atoms with Crippen molar-refractivity contribution in [3.63, 3.8) is 0 Å². The second-order valence-electron chi connectivity index (χ2n) is 2.70. The summed E-state index contributed by atoms with van der Waals surface area (Å²) in [5.41, 5.74) is 5.18. The van der Waals surface area contributed by atoms with Crippen LogP contribution in [0.2, 0.25) is 0 Å². The van der Waals surface area contributed by atoms with E-state index >= 15 is 0 Å². The molecule has 1 rings (SSSR count). The summed E-state index contributed by atoms with van der Waals surface area (Å²) in [4.78, 5) is 24.7. The molecule has 0 saturated heterocycles. The van der Waals surface area contributed by atoms with Crippen LogP contribution in [-0.2, 0) is 0 Å². The molecule has 80 valence electrons. The standard InChI is InChI=1S/C8H10N4O3/c9-3-4-10-8(13)7-2-1-6(5-11-7)12(14)15/h1-2,5H,3-4,9H2,(H,10,13). The summed E-state index contributed by atoms with van der Waals surface area (Å²) in [5, 5.41) is 12.8. The van der Waals surface area contributed by atoms with Crippen molar-refractivity contribution in [3.8, 4) is 0 Å². The Balaban J connectivity index is 2.71. The molecule has 0 fully saturated rings. The van der Waals surface area contributed by atoms with Crippen LogP contribution in [0, 0.1) is 10.1 Å². The fourth-order valence-electron chi connectivity index (χ4n) is 0.905. The molecule has 0 aliphatic rings. The summed E-state index contributed by atoms with van der Waals surface area (Å²) >= 11 is 0. The Morgan fingerprint density at radius 2 is 2.33 bits per heavy atom. The summed E-state index contributed by atoms with van der Waals surface area (Å²) in [6.45, 7) is 0.677. The molecule has 0 atom stereocenters. The lowest BCUT2D eigenvalue weighted by molar-refractivity contribution is -0.385. The Morgan fingerprint density at radius 1 is 1.60 bits per heavy atom. The molecule has 0 spiro atoms. The third-order valence-electron chi connectivity index (χ3n) is 1.62. The maximum absolute atomic E-state index is 11.3. The lowest BCUT2D eigenvalue weighted by Gasteiger charge is -2.01. The van der Waals surface area contributed by atoms with Gasteiger partial charge in [0.25, 0.3) is 11.6 Å². The molecule has 1 aromatic heterocycles. The molecule has 0 bridgehead atoms. The zero-order valence-electron chi connectivity index (χ0n) is 7.84. The minimum absolute atomic E-state index is 0.133. The van der Waals surface area contributed by atoms with Crippen LogP contribution in [0.3, 0.4) is 0 Å². The highest BCUT2D eigenvalue weighted by Gasteiger charge is 2.09. The molecule has 0 aliphatic heterocycles. The SMILES string of the molecule is NCCNC(=O)c1ccc([N+](=O)[O-])cn1. The van der Waals surface area contributed by atoms with E-state index in [2.05, 4.69) is 10.3 Å². The number of rotatable bonds is 4. The van der Waals surface area contributed by atoms with Crippen LogP contribution in [0.25, 0.3) is 0 Å². The third kappa shape index (κ3) is 2.99. The maximum Gasteiger partial charge on any atom is 0.287 e. The Hall–Kier alpha value is -2.02. The number of nitrogens with two attached hydrogens (primary N) is 1. The van der Waals surface area contributed by atoms with Crippen molar-refractivity contribution >= 4 is 11.6 Å². The van der Waals surface area contributed by atoms with E-state index in [1.54, 1.807) is 0 Å². The van der Waals surface area contributed by atoms with E-state index in [4.69, 9.17) is 5.73 Å². The topological polar surface area (TPSA) is 111 Å². The second-order valence-corrected chi connectivity index (χ2v) is 2.70. The number of hydrogen-bond donors (Lipinski definition) is 2. The van der Waals surface area contributed by atoms with E-state index in [9.17, 15) is 14.9 Å². The number of nitro groups is 1. The molecule has 1 amide bonds. The van der Waals surface area contributed by atoms with Gasteiger partial charge in [-0.25, -0.2) is 4.98 Å². The van der Waals surface area contributed by atoms with Gasteiger partial charge in [0.05, 0.1) is 4.92 Å². The summed E-state index contributed by atoms with van der Waals surface area (Å²) in [6, 6.07) is 2.52. The molecule has 15 heavy (non-hydrogen) atoms. The molecule has 0 aliphatic carbocycles. The molecule has 0 unspecified atom stereocenters. The quantitative estimate of drug-likeness (QED) is 0.522. The number of hydrogen-bond acceptors (Lipinski definition) is 5. The molecule has 7 nitrogen and oxygen atoms in total. The van der Waals surface area contributed by atoms with Crippen molar-refractivity contribution in [1.29, 1.82) is 0 Å². The van der Waals surface area contributed by atoms with Crippen LogP contribution in [0.5, 0.6) is 0 Å². The third-order valence-corrected chi connectivity index (χ3v) is 1.62. The van der Waals surface area contributed by atoms with Gasteiger partial charge in [-0.3, -0.25) is 14.9 Å². The average Bonchev–Trinajstić information content (AvgIpc) is 2.26. The Bertz CT molecular complexity index is 363. The second kappa shape index (κ2) is 5.01. The number of amides is 1. The largest absolute Gasteiger partial charge is 0.349 e. The zero-order valence-corrected chi connectivity index (χ0v) is 7.84. The number of aromatic nitrogens is 1. The van der Waals surface area contributed by atoms with Crippen LogP contribution >= 0.6 is 0 Å². The summed E-state index contributed by atoms with van der Waals surface area (Å²) in [7, 11) is 0. The molecule has 3 N–H and O–H groups in total. The highest BCUT2D eigenvalue weighted by Crippen LogP contribution is 2.08. The average molecular weight is 210 g/mol. The van der Waals surface area contributed by atoms with E-state index in [0.29, 0.717) is 13.1 Å². The van der Waals surface area contributed by atoms with E-state index < -0.39 is 10.8 Å². The van der Waals surface area contributed by atoms with Crippen molar-refractivity contribution in [2.45, 2.75) is 0 Å². The monoisotopic (exact) mass is 210 g/mol. The molecular weight excluding hydrogens is 200 g/mol. The number of carbonyl (C=O) groups is 1. The highest BCUT2D eigenvalue weighted by atomic mass is 16.6. The van der Waals surface area contributed by atoms with Crippen LogP contribution in [0.15, 0.2) is 18.3 Å². The van der Waals surface area contributed by atoms with Gasteiger partial charge in [-0.05, 0) is 6.07 Å². The maximum atomic E-state index is 11.3. The molecule has 0 saturated carbocycles. The Morgan fingerprint density at radius 3 is 2.80 bits per heavy atom. The number of nitrogens with one attached hydrogen (secondary N) is 1. The molecule has 0 aromatic carbocycles. The fourth-order valence-corrected chi connectivity index (χ4v) is 0.905. The van der Waals surface area contributed by atoms with Crippen LogP contribution in [0.1, 0.15) is 10.5 Å². The van der Waals surface area contributed by atoms with Gasteiger partial charge in [0, 0.05) is 19.2 Å². The summed E-state index contributed by atoms with van der Waals surface area (Å²) < 4.78 is 0. The first-order chi connectivity index (χ1) is 7.15. The molecule has 1 heterocycles. The van der Waals surface area contributed by atoms with Crippen LogP contribution in [0.4, 0.5) is 5.69 Å². The smallest absolute Gasteiger partial charge is 0.287 e. The zero-order chi connectivity index (χ0) is 11.3. The lowest BCUT2D eigenvalue weighted by Crippen LogP contribution is -2.29. The number of carbonyl (C=O) groups excluding carboxylic acids is 1. The predicted molar refractivity (Wildman–Crippen MR) is 52.3 cm³/mol. The van der Waals surface area contributed by atoms with Gasteiger partial charge in [-0.2, -0.15) is 0 Å². The minimum atomic E-state index is -0.575. The Kier molecular flexibility index (Phi) is 3.69. The normalized spacial score (nSPS) is 9.67. The van der Waals surface area contributed by atoms with Gasteiger partial charge in [0.2, 0.25) is 0 Å². The predicted octanol–water partition coefficient (Wildman–Crippen LogP) is -0.322. The van der Waals surface area contributed by atoms with Gasteiger partial charge in [-0.15, -0.1) is 0 Å². The fraction of sp³-hybridized carbons (Fsp3) is 0.250. The van der Waals surface area contributed by atoms with E-state index in [1.807, 2.05) is 0 Å². The van der Waals surface area contributed by atoms with Gasteiger partial charge in [-0.1, -0.05) is 0 Å².